The van der Waals surface area contributed by atoms with E-state index in [0.29, 0.717) is 11.3 Å². The maximum absolute atomic E-state index is 12.9. The Balaban J connectivity index is 1.68. The first kappa shape index (κ1) is 18.9. The lowest BCUT2D eigenvalue weighted by Crippen LogP contribution is -2.13. The second-order valence-electron chi connectivity index (χ2n) is 8.34. The minimum Gasteiger partial charge on any atom is -0.507 e. The van der Waals surface area contributed by atoms with Gasteiger partial charge in [-0.2, -0.15) is 0 Å². The molecule has 0 saturated carbocycles. The Morgan fingerprint density at radius 3 is 2.00 bits per heavy atom. The first-order valence-corrected chi connectivity index (χ1v) is 11.0. The Kier molecular flexibility index (Phi) is 5.04. The summed E-state index contributed by atoms with van der Waals surface area (Å²) in [4.78, 5) is 12.9. The highest BCUT2D eigenvalue weighted by molar-refractivity contribution is 5.93. The van der Waals surface area contributed by atoms with E-state index in [4.69, 9.17) is 4.74 Å². The van der Waals surface area contributed by atoms with Gasteiger partial charge in [-0.1, -0.05) is 30.3 Å². The number of phenolic OH excluding ortho intramolecular Hbond substituents is 1. The molecule has 3 nitrogen and oxygen atoms in total. The van der Waals surface area contributed by atoms with E-state index in [1.807, 2.05) is 30.3 Å². The molecule has 2 aliphatic rings. The van der Waals surface area contributed by atoms with Gasteiger partial charge in [-0.25, -0.2) is 4.79 Å². The van der Waals surface area contributed by atoms with Gasteiger partial charge in [-0.15, -0.1) is 0 Å². The Labute approximate surface area is 177 Å². The lowest BCUT2D eigenvalue weighted by molar-refractivity contribution is 0.0735. The molecule has 1 N–H and O–H groups in total. The summed E-state index contributed by atoms with van der Waals surface area (Å²) in [6, 6.07) is 17.0. The van der Waals surface area contributed by atoms with Crippen LogP contribution in [-0.4, -0.2) is 11.1 Å². The van der Waals surface area contributed by atoms with E-state index in [0.717, 1.165) is 49.7 Å². The fourth-order valence-electron chi connectivity index (χ4n) is 4.99. The molecule has 0 aromatic heterocycles. The summed E-state index contributed by atoms with van der Waals surface area (Å²) >= 11 is 0. The fourth-order valence-corrected chi connectivity index (χ4v) is 4.99. The van der Waals surface area contributed by atoms with Crippen molar-refractivity contribution in [1.82, 2.24) is 0 Å². The van der Waals surface area contributed by atoms with E-state index >= 15 is 0 Å². The predicted octanol–water partition coefficient (Wildman–Crippen LogP) is 6.04. The number of ether oxygens (including phenoxy) is 1. The van der Waals surface area contributed by atoms with Crippen LogP contribution in [0.15, 0.2) is 54.6 Å². The van der Waals surface area contributed by atoms with Gasteiger partial charge < -0.3 is 9.84 Å². The van der Waals surface area contributed by atoms with E-state index in [9.17, 15) is 9.90 Å². The maximum Gasteiger partial charge on any atom is 0.343 e. The molecule has 30 heavy (non-hydrogen) atoms. The van der Waals surface area contributed by atoms with E-state index in [1.54, 1.807) is 12.1 Å². The SMILES string of the molecule is O=C(Oc1ccc2c(c1-c1c(O)ccc3c1CCCC3)CCCC2)c1ccccc1. The zero-order valence-electron chi connectivity index (χ0n) is 17.1. The number of aromatic hydroxyl groups is 1. The van der Waals surface area contributed by atoms with Crippen LogP contribution in [0.3, 0.4) is 0 Å². The molecule has 3 aromatic rings. The Morgan fingerprint density at radius 2 is 1.30 bits per heavy atom. The third-order valence-electron chi connectivity index (χ3n) is 6.47. The van der Waals surface area contributed by atoms with E-state index in [2.05, 4.69) is 12.1 Å². The van der Waals surface area contributed by atoms with Gasteiger partial charge in [0.25, 0.3) is 0 Å². The number of aryl methyl sites for hydroxylation is 2. The number of hydrogen-bond acceptors (Lipinski definition) is 3. The van der Waals surface area contributed by atoms with E-state index in [-0.39, 0.29) is 11.7 Å². The fraction of sp³-hybridized carbons (Fsp3) is 0.296. The van der Waals surface area contributed by atoms with Crippen molar-refractivity contribution < 1.29 is 14.6 Å². The molecule has 0 saturated heterocycles. The van der Waals surface area contributed by atoms with Crippen molar-refractivity contribution in [2.75, 3.05) is 0 Å². The molecule has 0 aliphatic heterocycles. The normalized spacial score (nSPS) is 15.2. The number of benzene rings is 3. The minimum absolute atomic E-state index is 0.284. The zero-order chi connectivity index (χ0) is 20.5. The number of rotatable bonds is 3. The van der Waals surface area contributed by atoms with Crippen molar-refractivity contribution in [1.29, 1.82) is 0 Å². The first-order valence-electron chi connectivity index (χ1n) is 11.0. The summed E-state index contributed by atoms with van der Waals surface area (Å²) in [5.41, 5.74) is 7.40. The molecule has 0 spiro atoms. The second kappa shape index (κ2) is 7.98. The average molecular weight is 399 g/mol. The maximum atomic E-state index is 12.9. The van der Waals surface area contributed by atoms with Crippen molar-refractivity contribution in [3.8, 4) is 22.6 Å². The number of fused-ring (bicyclic) bond motifs is 2. The van der Waals surface area contributed by atoms with Gasteiger partial charge >= 0.3 is 5.97 Å². The molecule has 0 atom stereocenters. The summed E-state index contributed by atoms with van der Waals surface area (Å²) in [6.07, 6.45) is 8.57. The van der Waals surface area contributed by atoms with Gasteiger partial charge in [0, 0.05) is 11.1 Å². The topological polar surface area (TPSA) is 46.5 Å². The lowest BCUT2D eigenvalue weighted by Gasteiger charge is -2.26. The summed E-state index contributed by atoms with van der Waals surface area (Å²) in [7, 11) is 0. The molecular formula is C27H26O3. The quantitative estimate of drug-likeness (QED) is 0.432. The van der Waals surface area contributed by atoms with Gasteiger partial charge in [0.15, 0.2) is 0 Å². The molecule has 0 bridgehead atoms. The Bertz CT molecular complexity index is 1100. The molecule has 0 amide bonds. The van der Waals surface area contributed by atoms with E-state index in [1.165, 1.54) is 35.1 Å². The molecule has 2 aliphatic carbocycles. The summed E-state index contributed by atoms with van der Waals surface area (Å²) in [6.45, 7) is 0. The standard InChI is InChI=1S/C27H26O3/c28-23-16-14-18-8-4-6-12-21(18)25(23)26-22-13-7-5-9-19(22)15-17-24(26)30-27(29)20-10-2-1-3-11-20/h1-3,10-11,14-17,28H,4-9,12-13H2. The highest BCUT2D eigenvalue weighted by atomic mass is 16.5. The van der Waals surface area contributed by atoms with Crippen LogP contribution in [0.2, 0.25) is 0 Å². The van der Waals surface area contributed by atoms with Crippen LogP contribution in [0.4, 0.5) is 0 Å². The van der Waals surface area contributed by atoms with Crippen molar-refractivity contribution in [2.45, 2.75) is 51.4 Å². The van der Waals surface area contributed by atoms with Gasteiger partial charge in [0.05, 0.1) is 5.56 Å². The third-order valence-corrected chi connectivity index (χ3v) is 6.47. The number of carbonyl (C=O) groups excluding carboxylic acids is 1. The van der Waals surface area contributed by atoms with Crippen LogP contribution in [0.1, 0.15) is 58.3 Å². The van der Waals surface area contributed by atoms with Crippen molar-refractivity contribution in [2.24, 2.45) is 0 Å². The molecular weight excluding hydrogens is 372 g/mol. The van der Waals surface area contributed by atoms with Gasteiger partial charge in [-0.3, -0.25) is 0 Å². The average Bonchev–Trinajstić information content (AvgIpc) is 2.80. The molecule has 3 heteroatoms. The molecule has 0 heterocycles. The van der Waals surface area contributed by atoms with Crippen LogP contribution >= 0.6 is 0 Å². The summed E-state index contributed by atoms with van der Waals surface area (Å²) in [5, 5.41) is 11.0. The summed E-state index contributed by atoms with van der Waals surface area (Å²) < 4.78 is 5.95. The molecule has 0 unspecified atom stereocenters. The molecule has 152 valence electrons. The number of esters is 1. The van der Waals surface area contributed by atoms with Crippen LogP contribution < -0.4 is 4.74 Å². The second-order valence-corrected chi connectivity index (χ2v) is 8.34. The number of hydrogen-bond donors (Lipinski definition) is 1. The zero-order valence-corrected chi connectivity index (χ0v) is 17.1. The minimum atomic E-state index is -0.364. The molecule has 0 radical (unpaired) electrons. The Morgan fingerprint density at radius 1 is 0.700 bits per heavy atom. The molecule has 5 rings (SSSR count). The first-order chi connectivity index (χ1) is 14.7. The van der Waals surface area contributed by atoms with Gasteiger partial charge in [0.2, 0.25) is 0 Å². The highest BCUT2D eigenvalue weighted by Gasteiger charge is 2.26. The van der Waals surface area contributed by atoms with Crippen molar-refractivity contribution >= 4 is 5.97 Å². The van der Waals surface area contributed by atoms with Crippen LogP contribution in [-0.2, 0) is 25.7 Å². The van der Waals surface area contributed by atoms with Crippen molar-refractivity contribution in [3.05, 3.63) is 82.4 Å². The third kappa shape index (κ3) is 3.39. The van der Waals surface area contributed by atoms with Crippen LogP contribution in [0.25, 0.3) is 11.1 Å². The molecule has 0 fully saturated rings. The van der Waals surface area contributed by atoms with Crippen LogP contribution in [0, 0.1) is 0 Å². The monoisotopic (exact) mass is 398 g/mol. The molecule has 3 aromatic carbocycles. The van der Waals surface area contributed by atoms with E-state index < -0.39 is 0 Å². The Hall–Kier alpha value is -3.07. The summed E-state index contributed by atoms with van der Waals surface area (Å²) in [5.74, 6) is 0.474. The van der Waals surface area contributed by atoms with Gasteiger partial charge in [0.1, 0.15) is 11.5 Å². The van der Waals surface area contributed by atoms with Crippen molar-refractivity contribution in [3.63, 3.8) is 0 Å². The largest absolute Gasteiger partial charge is 0.507 e. The highest BCUT2D eigenvalue weighted by Crippen LogP contribution is 2.46. The predicted molar refractivity (Wildman–Crippen MR) is 118 cm³/mol. The lowest BCUT2D eigenvalue weighted by atomic mass is 9.80. The number of phenols is 1. The van der Waals surface area contributed by atoms with Crippen LogP contribution in [0.5, 0.6) is 11.5 Å². The van der Waals surface area contributed by atoms with Gasteiger partial charge in [-0.05, 0) is 97.9 Å². The number of carbonyl (C=O) groups is 1. The smallest absolute Gasteiger partial charge is 0.343 e.